The van der Waals surface area contributed by atoms with Gasteiger partial charge in [-0.05, 0) is 62.4 Å². The molecule has 0 bridgehead atoms. The fourth-order valence-electron chi connectivity index (χ4n) is 2.52. The highest BCUT2D eigenvalue weighted by Crippen LogP contribution is 2.27. The molecule has 2 rings (SSSR count). The Kier molecular flexibility index (Phi) is 7.30. The quantitative estimate of drug-likeness (QED) is 0.760. The zero-order valence-electron chi connectivity index (χ0n) is 15.6. The van der Waals surface area contributed by atoms with Crippen LogP contribution >= 0.6 is 11.6 Å². The monoisotopic (exact) mass is 376 g/mol. The number of halogens is 1. The minimum atomic E-state index is -0.258. The second-order valence-corrected chi connectivity index (χ2v) is 6.53. The maximum atomic E-state index is 12.4. The van der Waals surface area contributed by atoms with Gasteiger partial charge < -0.3 is 14.8 Å². The van der Waals surface area contributed by atoms with Gasteiger partial charge in [0.2, 0.25) is 5.91 Å². The number of ether oxygens (including phenoxy) is 2. The standard InChI is InChI=1S/C20H25ClN2O3/c1-14(20(24)22-17-8-6-16(21)7-9-17)23(2)12-11-15-5-10-18(25-3)19(13-15)26-4/h5-10,13-14H,11-12H2,1-4H3,(H,22,24)/t14-/m1/s1. The Bertz CT molecular complexity index is 734. The first-order chi connectivity index (χ1) is 12.4. The third-order valence-corrected chi connectivity index (χ3v) is 4.61. The van der Waals surface area contributed by atoms with E-state index >= 15 is 0 Å². The number of carbonyl (C=O) groups is 1. The minimum Gasteiger partial charge on any atom is -0.493 e. The van der Waals surface area contributed by atoms with Gasteiger partial charge in [0.25, 0.3) is 0 Å². The van der Waals surface area contributed by atoms with E-state index in [0.717, 1.165) is 24.2 Å². The molecule has 0 saturated heterocycles. The molecule has 1 N–H and O–H groups in total. The van der Waals surface area contributed by atoms with Crippen LogP contribution < -0.4 is 14.8 Å². The van der Waals surface area contributed by atoms with Gasteiger partial charge in [0.15, 0.2) is 11.5 Å². The fourth-order valence-corrected chi connectivity index (χ4v) is 2.64. The van der Waals surface area contributed by atoms with Crippen molar-refractivity contribution in [1.82, 2.24) is 4.90 Å². The van der Waals surface area contributed by atoms with E-state index in [-0.39, 0.29) is 11.9 Å². The Morgan fingerprint density at radius 2 is 1.77 bits per heavy atom. The summed E-state index contributed by atoms with van der Waals surface area (Å²) in [6.07, 6.45) is 0.801. The van der Waals surface area contributed by atoms with Crippen molar-refractivity contribution in [2.45, 2.75) is 19.4 Å². The van der Waals surface area contributed by atoms with Gasteiger partial charge in [-0.15, -0.1) is 0 Å². The van der Waals surface area contributed by atoms with Crippen LogP contribution in [-0.4, -0.2) is 44.7 Å². The van der Waals surface area contributed by atoms with Gasteiger partial charge in [-0.2, -0.15) is 0 Å². The number of nitrogens with one attached hydrogen (secondary N) is 1. The van der Waals surface area contributed by atoms with Crippen LogP contribution in [0, 0.1) is 0 Å². The van der Waals surface area contributed by atoms with E-state index in [1.807, 2.05) is 37.1 Å². The normalized spacial score (nSPS) is 11.9. The van der Waals surface area contributed by atoms with E-state index in [2.05, 4.69) is 5.32 Å². The Labute approximate surface area is 159 Å². The van der Waals surface area contributed by atoms with Crippen molar-refractivity contribution in [3.8, 4) is 11.5 Å². The molecule has 0 saturated carbocycles. The summed E-state index contributed by atoms with van der Waals surface area (Å²) < 4.78 is 10.6. The lowest BCUT2D eigenvalue weighted by atomic mass is 10.1. The highest BCUT2D eigenvalue weighted by molar-refractivity contribution is 6.30. The SMILES string of the molecule is COc1ccc(CCN(C)[C@H](C)C(=O)Nc2ccc(Cl)cc2)cc1OC. The highest BCUT2D eigenvalue weighted by Gasteiger charge is 2.18. The Hall–Kier alpha value is -2.24. The van der Waals surface area contributed by atoms with E-state index in [9.17, 15) is 4.79 Å². The van der Waals surface area contributed by atoms with Gasteiger partial charge in [-0.3, -0.25) is 9.69 Å². The second kappa shape index (κ2) is 9.46. The van der Waals surface area contributed by atoms with Crippen LogP contribution in [-0.2, 0) is 11.2 Å². The van der Waals surface area contributed by atoms with Gasteiger partial charge in [0, 0.05) is 17.3 Å². The summed E-state index contributed by atoms with van der Waals surface area (Å²) in [5.74, 6) is 1.36. The third-order valence-electron chi connectivity index (χ3n) is 4.35. The number of carbonyl (C=O) groups excluding carboxylic acids is 1. The summed E-state index contributed by atoms with van der Waals surface area (Å²) in [7, 11) is 5.18. The van der Waals surface area contributed by atoms with Crippen LogP contribution in [0.2, 0.25) is 5.02 Å². The molecule has 0 aliphatic carbocycles. The maximum absolute atomic E-state index is 12.4. The number of hydrogen-bond acceptors (Lipinski definition) is 4. The first kappa shape index (κ1) is 20.1. The lowest BCUT2D eigenvalue weighted by Crippen LogP contribution is -2.40. The molecule has 6 heteroatoms. The molecule has 0 aliphatic heterocycles. The molecule has 1 amide bonds. The molecule has 0 unspecified atom stereocenters. The zero-order valence-corrected chi connectivity index (χ0v) is 16.3. The number of nitrogens with zero attached hydrogens (tertiary/aromatic N) is 1. The topological polar surface area (TPSA) is 50.8 Å². The highest BCUT2D eigenvalue weighted by atomic mass is 35.5. The molecular formula is C20H25ClN2O3. The summed E-state index contributed by atoms with van der Waals surface area (Å²) in [4.78, 5) is 14.4. The second-order valence-electron chi connectivity index (χ2n) is 6.09. The van der Waals surface area contributed by atoms with Crippen LogP contribution in [0.3, 0.4) is 0 Å². The van der Waals surface area contributed by atoms with E-state index in [1.54, 1.807) is 38.5 Å². The largest absolute Gasteiger partial charge is 0.493 e. The van der Waals surface area contributed by atoms with Gasteiger partial charge in [0.1, 0.15) is 0 Å². The van der Waals surface area contributed by atoms with Gasteiger partial charge in [-0.1, -0.05) is 17.7 Å². The average molecular weight is 377 g/mol. The lowest BCUT2D eigenvalue weighted by Gasteiger charge is -2.24. The Morgan fingerprint density at radius 3 is 2.38 bits per heavy atom. The molecule has 0 aliphatic rings. The summed E-state index contributed by atoms with van der Waals surface area (Å²) in [6.45, 7) is 2.63. The molecule has 0 fully saturated rings. The Balaban J connectivity index is 1.91. The van der Waals surface area contributed by atoms with Crippen molar-refractivity contribution >= 4 is 23.2 Å². The van der Waals surface area contributed by atoms with Crippen molar-refractivity contribution in [3.63, 3.8) is 0 Å². The molecule has 140 valence electrons. The molecule has 0 aromatic heterocycles. The molecule has 2 aromatic rings. The summed E-state index contributed by atoms with van der Waals surface area (Å²) in [5, 5.41) is 3.55. The fraction of sp³-hybridized carbons (Fsp3) is 0.350. The summed E-state index contributed by atoms with van der Waals surface area (Å²) >= 11 is 5.86. The van der Waals surface area contributed by atoms with Gasteiger partial charge >= 0.3 is 0 Å². The van der Waals surface area contributed by atoms with E-state index < -0.39 is 0 Å². The minimum absolute atomic E-state index is 0.0536. The van der Waals surface area contributed by atoms with Crippen LogP contribution in [0.15, 0.2) is 42.5 Å². The first-order valence-corrected chi connectivity index (χ1v) is 8.80. The smallest absolute Gasteiger partial charge is 0.241 e. The number of anilines is 1. The van der Waals surface area contributed by atoms with E-state index in [1.165, 1.54) is 0 Å². The van der Waals surface area contributed by atoms with Crippen LogP contribution in [0.25, 0.3) is 0 Å². The van der Waals surface area contributed by atoms with E-state index in [0.29, 0.717) is 16.5 Å². The summed E-state index contributed by atoms with van der Waals surface area (Å²) in [5.41, 5.74) is 1.86. The third kappa shape index (κ3) is 5.38. The number of benzene rings is 2. The van der Waals surface area contributed by atoms with Crippen LogP contribution in [0.5, 0.6) is 11.5 Å². The Morgan fingerprint density at radius 1 is 1.12 bits per heavy atom. The first-order valence-electron chi connectivity index (χ1n) is 8.42. The molecule has 0 heterocycles. The average Bonchev–Trinajstić information content (AvgIpc) is 2.66. The molecule has 0 spiro atoms. The van der Waals surface area contributed by atoms with Crippen molar-refractivity contribution in [2.75, 3.05) is 33.1 Å². The van der Waals surface area contributed by atoms with Crippen molar-refractivity contribution in [1.29, 1.82) is 0 Å². The van der Waals surface area contributed by atoms with Crippen molar-refractivity contribution < 1.29 is 14.3 Å². The predicted octanol–water partition coefficient (Wildman–Crippen LogP) is 3.86. The molecule has 0 radical (unpaired) electrons. The molecule has 26 heavy (non-hydrogen) atoms. The van der Waals surface area contributed by atoms with Gasteiger partial charge in [-0.25, -0.2) is 0 Å². The number of methoxy groups -OCH3 is 2. The van der Waals surface area contributed by atoms with Crippen molar-refractivity contribution in [2.24, 2.45) is 0 Å². The summed E-state index contributed by atoms with van der Waals surface area (Å²) in [6, 6.07) is 12.7. The van der Waals surface area contributed by atoms with E-state index in [4.69, 9.17) is 21.1 Å². The number of amides is 1. The molecular weight excluding hydrogens is 352 g/mol. The number of hydrogen-bond donors (Lipinski definition) is 1. The van der Waals surface area contributed by atoms with Crippen LogP contribution in [0.1, 0.15) is 12.5 Å². The number of likely N-dealkylation sites (N-methyl/N-ethyl adjacent to an activating group) is 1. The number of rotatable bonds is 8. The molecule has 5 nitrogen and oxygen atoms in total. The van der Waals surface area contributed by atoms with Gasteiger partial charge in [0.05, 0.1) is 20.3 Å². The lowest BCUT2D eigenvalue weighted by molar-refractivity contribution is -0.120. The maximum Gasteiger partial charge on any atom is 0.241 e. The van der Waals surface area contributed by atoms with Crippen LogP contribution in [0.4, 0.5) is 5.69 Å². The molecule has 1 atom stereocenters. The predicted molar refractivity (Wildman–Crippen MR) is 105 cm³/mol. The zero-order chi connectivity index (χ0) is 19.1. The van der Waals surface area contributed by atoms with Crippen molar-refractivity contribution in [3.05, 3.63) is 53.1 Å². The molecule has 2 aromatic carbocycles.